The Labute approximate surface area is 112 Å². The van der Waals surface area contributed by atoms with Crippen molar-refractivity contribution in [3.63, 3.8) is 0 Å². The predicted octanol–water partition coefficient (Wildman–Crippen LogP) is 1.79. The molecule has 0 aromatic heterocycles. The second kappa shape index (κ2) is 5.14. The molecule has 6 nitrogen and oxygen atoms in total. The average molecular weight is 265 g/mol. The lowest BCUT2D eigenvalue weighted by atomic mass is 10.1. The lowest BCUT2D eigenvalue weighted by molar-refractivity contribution is -0.384. The molecular weight excluding hydrogens is 246 g/mol. The Bertz CT molecular complexity index is 488. The van der Waals surface area contributed by atoms with E-state index in [2.05, 4.69) is 4.90 Å². The minimum Gasteiger partial charge on any atom is -0.393 e. The molecule has 1 fully saturated rings. The Hall–Kier alpha value is -1.66. The summed E-state index contributed by atoms with van der Waals surface area (Å²) in [6.07, 6.45) is 0. The highest BCUT2D eigenvalue weighted by molar-refractivity contribution is 5.59. The average Bonchev–Trinajstić information content (AvgIpc) is 2.30. The lowest BCUT2D eigenvalue weighted by Gasteiger charge is -2.38. The summed E-state index contributed by atoms with van der Waals surface area (Å²) >= 11 is 0. The van der Waals surface area contributed by atoms with E-state index in [0.717, 1.165) is 18.7 Å². The highest BCUT2D eigenvalue weighted by Gasteiger charge is 2.27. The van der Waals surface area contributed by atoms with Crippen LogP contribution in [0.15, 0.2) is 18.2 Å². The van der Waals surface area contributed by atoms with Gasteiger partial charge in [0.05, 0.1) is 17.1 Å². The first kappa shape index (κ1) is 13.8. The summed E-state index contributed by atoms with van der Waals surface area (Å²) in [7, 11) is 0. The molecule has 1 aliphatic heterocycles. The third-order valence-electron chi connectivity index (χ3n) is 3.20. The molecule has 2 N–H and O–H groups in total. The minimum atomic E-state index is -0.442. The number of hydrogen-bond donors (Lipinski definition) is 1. The number of anilines is 1. The molecular formula is C13H19N3O3. The van der Waals surface area contributed by atoms with Crippen LogP contribution in [-0.4, -0.2) is 35.1 Å². The van der Waals surface area contributed by atoms with E-state index < -0.39 is 4.92 Å². The molecule has 0 saturated carbocycles. The number of hydrogen-bond acceptors (Lipinski definition) is 5. The van der Waals surface area contributed by atoms with Crippen LogP contribution in [0.25, 0.3) is 0 Å². The van der Waals surface area contributed by atoms with Gasteiger partial charge in [0.25, 0.3) is 5.69 Å². The number of ether oxygens (including phenoxy) is 1. The van der Waals surface area contributed by atoms with E-state index in [9.17, 15) is 10.1 Å². The van der Waals surface area contributed by atoms with E-state index >= 15 is 0 Å². The van der Waals surface area contributed by atoms with Crippen molar-refractivity contribution in [1.29, 1.82) is 0 Å². The summed E-state index contributed by atoms with van der Waals surface area (Å²) in [5.41, 5.74) is 6.51. The molecule has 1 saturated heterocycles. The second-order valence-electron chi connectivity index (χ2n) is 5.47. The van der Waals surface area contributed by atoms with Crippen molar-refractivity contribution in [3.8, 4) is 0 Å². The highest BCUT2D eigenvalue weighted by Crippen LogP contribution is 2.24. The summed E-state index contributed by atoms with van der Waals surface area (Å²) in [6, 6.07) is 4.99. The molecule has 1 aromatic carbocycles. The van der Waals surface area contributed by atoms with Crippen LogP contribution in [-0.2, 0) is 11.3 Å². The van der Waals surface area contributed by atoms with Crippen LogP contribution in [0.4, 0.5) is 11.4 Å². The van der Waals surface area contributed by atoms with E-state index in [4.69, 9.17) is 10.5 Å². The molecule has 1 aromatic rings. The zero-order chi connectivity index (χ0) is 14.0. The standard InChI is InChI=1S/C13H19N3O3/c1-13(2)9-15(5-6-19-13)8-10-3-4-11(14)12(7-10)16(17)18/h3-4,7H,5-6,8-9,14H2,1-2H3. The Kier molecular flexibility index (Phi) is 3.73. The van der Waals surface area contributed by atoms with Gasteiger partial charge < -0.3 is 10.5 Å². The maximum atomic E-state index is 10.9. The van der Waals surface area contributed by atoms with Crippen LogP contribution in [0.5, 0.6) is 0 Å². The monoisotopic (exact) mass is 265 g/mol. The van der Waals surface area contributed by atoms with Crippen molar-refractivity contribution in [2.75, 3.05) is 25.4 Å². The van der Waals surface area contributed by atoms with Gasteiger partial charge in [-0.3, -0.25) is 15.0 Å². The first-order valence-corrected chi connectivity index (χ1v) is 6.26. The first-order valence-electron chi connectivity index (χ1n) is 6.26. The van der Waals surface area contributed by atoms with Crippen molar-refractivity contribution in [3.05, 3.63) is 33.9 Å². The van der Waals surface area contributed by atoms with Crippen LogP contribution in [0.2, 0.25) is 0 Å². The van der Waals surface area contributed by atoms with E-state index in [-0.39, 0.29) is 17.0 Å². The van der Waals surface area contributed by atoms with E-state index in [0.29, 0.717) is 13.2 Å². The van der Waals surface area contributed by atoms with Gasteiger partial charge in [-0.05, 0) is 25.5 Å². The van der Waals surface area contributed by atoms with Crippen molar-refractivity contribution in [1.82, 2.24) is 4.90 Å². The molecule has 1 aliphatic rings. The summed E-state index contributed by atoms with van der Waals surface area (Å²) < 4.78 is 5.64. The number of nitro groups is 1. The summed E-state index contributed by atoms with van der Waals surface area (Å²) in [5, 5.41) is 10.9. The third kappa shape index (κ3) is 3.42. The summed E-state index contributed by atoms with van der Waals surface area (Å²) in [6.45, 7) is 7.10. The fourth-order valence-corrected chi connectivity index (χ4v) is 2.35. The zero-order valence-corrected chi connectivity index (χ0v) is 11.3. The topological polar surface area (TPSA) is 81.6 Å². The number of benzene rings is 1. The molecule has 0 amide bonds. The Morgan fingerprint density at radius 2 is 2.26 bits per heavy atom. The van der Waals surface area contributed by atoms with Gasteiger partial charge in [-0.25, -0.2) is 0 Å². The molecule has 19 heavy (non-hydrogen) atoms. The van der Waals surface area contributed by atoms with Gasteiger partial charge in [0.15, 0.2) is 0 Å². The number of nitrogens with two attached hydrogens (primary N) is 1. The number of morpholine rings is 1. The van der Waals surface area contributed by atoms with E-state index in [1.54, 1.807) is 12.1 Å². The van der Waals surface area contributed by atoms with Crippen LogP contribution in [0, 0.1) is 10.1 Å². The first-order chi connectivity index (χ1) is 8.87. The Morgan fingerprint density at radius 3 is 2.89 bits per heavy atom. The fourth-order valence-electron chi connectivity index (χ4n) is 2.35. The molecule has 2 rings (SSSR count). The third-order valence-corrected chi connectivity index (χ3v) is 3.20. The summed E-state index contributed by atoms with van der Waals surface area (Å²) in [4.78, 5) is 12.7. The lowest BCUT2D eigenvalue weighted by Crippen LogP contribution is -2.47. The Balaban J connectivity index is 2.11. The van der Waals surface area contributed by atoms with Crippen molar-refractivity contribution in [2.24, 2.45) is 0 Å². The molecule has 0 unspecified atom stereocenters. The molecule has 104 valence electrons. The van der Waals surface area contributed by atoms with E-state index in [1.807, 2.05) is 19.9 Å². The zero-order valence-electron chi connectivity index (χ0n) is 11.3. The normalized spacial score (nSPS) is 19.3. The smallest absolute Gasteiger partial charge is 0.292 e. The Morgan fingerprint density at radius 1 is 1.53 bits per heavy atom. The van der Waals surface area contributed by atoms with Crippen molar-refractivity contribution < 1.29 is 9.66 Å². The minimum absolute atomic E-state index is 0.0231. The molecule has 0 radical (unpaired) electrons. The van der Waals surface area contributed by atoms with E-state index in [1.165, 1.54) is 0 Å². The van der Waals surface area contributed by atoms with Crippen molar-refractivity contribution in [2.45, 2.75) is 26.0 Å². The molecule has 0 spiro atoms. The maximum Gasteiger partial charge on any atom is 0.292 e. The molecule has 6 heteroatoms. The maximum absolute atomic E-state index is 10.9. The van der Waals surface area contributed by atoms with Crippen LogP contribution in [0.3, 0.4) is 0 Å². The number of nitrogen functional groups attached to an aromatic ring is 1. The molecule has 0 bridgehead atoms. The highest BCUT2D eigenvalue weighted by atomic mass is 16.6. The SMILES string of the molecule is CC1(C)CN(Cc2ccc(N)c([N+](=O)[O-])c2)CCO1. The molecule has 0 aliphatic carbocycles. The van der Waals surface area contributed by atoms with Crippen LogP contribution < -0.4 is 5.73 Å². The summed E-state index contributed by atoms with van der Waals surface area (Å²) in [5.74, 6) is 0. The van der Waals surface area contributed by atoms with Gasteiger partial charge in [-0.2, -0.15) is 0 Å². The molecule has 0 atom stereocenters. The second-order valence-corrected chi connectivity index (χ2v) is 5.47. The van der Waals surface area contributed by atoms with Crippen molar-refractivity contribution >= 4 is 11.4 Å². The number of rotatable bonds is 3. The number of nitro benzene ring substituents is 1. The van der Waals surface area contributed by atoms with Gasteiger partial charge in [0, 0.05) is 25.7 Å². The van der Waals surface area contributed by atoms with Crippen LogP contribution >= 0.6 is 0 Å². The number of nitrogens with zero attached hydrogens (tertiary/aromatic N) is 2. The predicted molar refractivity (Wildman–Crippen MR) is 72.8 cm³/mol. The molecule has 1 heterocycles. The van der Waals surface area contributed by atoms with Gasteiger partial charge in [-0.1, -0.05) is 6.07 Å². The van der Waals surface area contributed by atoms with Gasteiger partial charge in [0.1, 0.15) is 5.69 Å². The van der Waals surface area contributed by atoms with Gasteiger partial charge in [-0.15, -0.1) is 0 Å². The van der Waals surface area contributed by atoms with Gasteiger partial charge in [0.2, 0.25) is 0 Å². The largest absolute Gasteiger partial charge is 0.393 e. The van der Waals surface area contributed by atoms with Crippen LogP contribution in [0.1, 0.15) is 19.4 Å². The quantitative estimate of drug-likeness (QED) is 0.512. The fraction of sp³-hybridized carbons (Fsp3) is 0.538. The van der Waals surface area contributed by atoms with Gasteiger partial charge >= 0.3 is 0 Å².